The molecule has 3 heterocycles. The number of nitrogens with one attached hydrogen (secondary N) is 2. The Kier molecular flexibility index (Phi) is 5.88. The van der Waals surface area contributed by atoms with Gasteiger partial charge < -0.3 is 15.2 Å². The van der Waals surface area contributed by atoms with E-state index in [2.05, 4.69) is 167 Å². The molecule has 2 atom stereocenters. The maximum atomic E-state index is 4.17. The Morgan fingerprint density at radius 1 is 0.577 bits per heavy atom. The Morgan fingerprint density at radius 3 is 2.12 bits per heavy atom. The molecular formula is C48H33N3S. The summed E-state index contributed by atoms with van der Waals surface area (Å²) >= 11 is 1.95. The minimum absolute atomic E-state index is 0.0268. The molecule has 0 saturated carbocycles. The minimum Gasteiger partial charge on any atom is -0.373 e. The van der Waals surface area contributed by atoms with Gasteiger partial charge in [-0.15, -0.1) is 11.3 Å². The van der Waals surface area contributed by atoms with Gasteiger partial charge in [-0.1, -0.05) is 121 Å². The molecule has 9 aromatic rings. The van der Waals surface area contributed by atoms with E-state index in [0.717, 1.165) is 24.2 Å². The van der Waals surface area contributed by atoms with Crippen LogP contribution in [0.4, 0.5) is 11.4 Å². The van der Waals surface area contributed by atoms with E-state index in [4.69, 9.17) is 0 Å². The molecular weight excluding hydrogens is 651 g/mol. The van der Waals surface area contributed by atoms with E-state index in [1.165, 1.54) is 92.0 Å². The Hall–Kier alpha value is -6.10. The van der Waals surface area contributed by atoms with Gasteiger partial charge in [-0.2, -0.15) is 0 Å². The van der Waals surface area contributed by atoms with Crippen molar-refractivity contribution in [2.75, 3.05) is 10.6 Å². The van der Waals surface area contributed by atoms with Gasteiger partial charge in [0.15, 0.2) is 0 Å². The molecule has 1 aliphatic heterocycles. The number of aryl methyl sites for hydroxylation is 1. The van der Waals surface area contributed by atoms with Crippen LogP contribution in [0.2, 0.25) is 0 Å². The van der Waals surface area contributed by atoms with Crippen molar-refractivity contribution in [3.8, 4) is 33.4 Å². The summed E-state index contributed by atoms with van der Waals surface area (Å²) in [6, 6.07) is 52.0. The van der Waals surface area contributed by atoms with Crippen LogP contribution in [0, 0.1) is 0 Å². The normalized spacial score (nSPS) is 16.9. The van der Waals surface area contributed by atoms with Gasteiger partial charge in [0.25, 0.3) is 0 Å². The molecule has 0 spiro atoms. The van der Waals surface area contributed by atoms with E-state index in [9.17, 15) is 0 Å². The highest BCUT2D eigenvalue weighted by atomic mass is 32.1. The molecule has 2 aliphatic carbocycles. The first-order valence-electron chi connectivity index (χ1n) is 18.3. The van der Waals surface area contributed by atoms with E-state index < -0.39 is 0 Å². The van der Waals surface area contributed by atoms with Crippen molar-refractivity contribution < 1.29 is 0 Å². The molecule has 3 nitrogen and oxygen atoms in total. The second-order valence-electron chi connectivity index (χ2n) is 14.5. The van der Waals surface area contributed by atoms with Gasteiger partial charge in [0.05, 0.1) is 28.5 Å². The molecule has 2 aromatic heterocycles. The molecule has 246 valence electrons. The zero-order chi connectivity index (χ0) is 33.9. The number of benzene rings is 7. The highest BCUT2D eigenvalue weighted by Crippen LogP contribution is 2.53. The van der Waals surface area contributed by atoms with E-state index >= 15 is 0 Å². The van der Waals surface area contributed by atoms with E-state index in [0.29, 0.717) is 0 Å². The lowest BCUT2D eigenvalue weighted by Gasteiger charge is -2.38. The summed E-state index contributed by atoms with van der Waals surface area (Å²) in [4.78, 5) is 1.50. The Labute approximate surface area is 305 Å². The Bertz CT molecular complexity index is 2960. The largest absolute Gasteiger partial charge is 0.373 e. The maximum absolute atomic E-state index is 4.17. The number of anilines is 2. The number of hydrogen-bond acceptors (Lipinski definition) is 3. The van der Waals surface area contributed by atoms with Crippen molar-refractivity contribution in [3.63, 3.8) is 0 Å². The molecule has 7 aromatic carbocycles. The second kappa shape index (κ2) is 10.7. The van der Waals surface area contributed by atoms with Gasteiger partial charge >= 0.3 is 0 Å². The van der Waals surface area contributed by atoms with Crippen LogP contribution in [-0.4, -0.2) is 4.57 Å². The van der Waals surface area contributed by atoms with Crippen molar-refractivity contribution in [2.45, 2.75) is 25.0 Å². The molecule has 12 rings (SSSR count). The van der Waals surface area contributed by atoms with Crippen molar-refractivity contribution >= 4 is 71.5 Å². The van der Waals surface area contributed by atoms with Gasteiger partial charge in [-0.25, -0.2) is 0 Å². The monoisotopic (exact) mass is 683 g/mol. The summed E-state index contributed by atoms with van der Waals surface area (Å²) in [6.45, 7) is 0. The predicted molar refractivity (Wildman–Crippen MR) is 221 cm³/mol. The topological polar surface area (TPSA) is 29.0 Å². The molecule has 0 bridgehead atoms. The summed E-state index contributed by atoms with van der Waals surface area (Å²) < 4.78 is 3.96. The summed E-state index contributed by atoms with van der Waals surface area (Å²) in [5.41, 5.74) is 15.1. The van der Waals surface area contributed by atoms with Gasteiger partial charge in [-0.3, -0.25) is 0 Å². The van der Waals surface area contributed by atoms with Crippen LogP contribution < -0.4 is 10.6 Å². The zero-order valence-electron chi connectivity index (χ0n) is 28.4. The number of aromatic nitrogens is 1. The van der Waals surface area contributed by atoms with Crippen LogP contribution in [-0.2, 0) is 6.42 Å². The number of thiophene rings is 1. The average Bonchev–Trinajstić information content (AvgIpc) is 3.70. The number of hydrogen-bond donors (Lipinski definition) is 2. The third kappa shape index (κ3) is 3.96. The Morgan fingerprint density at radius 2 is 1.29 bits per heavy atom. The lowest BCUT2D eigenvalue weighted by atomic mass is 9.92. The highest BCUT2D eigenvalue weighted by molar-refractivity contribution is 7.19. The summed E-state index contributed by atoms with van der Waals surface area (Å²) in [5.74, 6) is 0. The maximum Gasteiger partial charge on any atom is 0.129 e. The number of allylic oxidation sites excluding steroid dienone is 1. The quantitative estimate of drug-likeness (QED) is 0.194. The summed E-state index contributed by atoms with van der Waals surface area (Å²) in [6.07, 6.45) is 6.79. The molecule has 3 aliphatic rings. The van der Waals surface area contributed by atoms with Gasteiger partial charge in [-0.05, 0) is 98.5 Å². The smallest absolute Gasteiger partial charge is 0.129 e. The van der Waals surface area contributed by atoms with Gasteiger partial charge in [0, 0.05) is 25.7 Å². The molecule has 52 heavy (non-hydrogen) atoms. The molecule has 2 unspecified atom stereocenters. The Balaban J connectivity index is 1.18. The molecule has 0 radical (unpaired) electrons. The lowest BCUT2D eigenvalue weighted by molar-refractivity contribution is 0.506. The molecule has 0 fully saturated rings. The standard InChI is InChI=1S/C48H33N3S/c1-3-12-28(13-4-1)31-24-37-35-20-10-17-29-16-9-19-33(44(29)35)34-21-11-22-40-45(34)46(37)41(25-31)51(40)48-47(30-14-5-2-6-15-30)49-38-26-36-32-18-7-8-23-42(32)52-43(36)27-39(38)50-48/h1-7,9-22,24-27,47-50H,8,23H2. The zero-order valence-corrected chi connectivity index (χ0v) is 29.2. The number of fused-ring (bicyclic) bond motifs is 6. The van der Waals surface area contributed by atoms with Crippen LogP contribution in [0.15, 0.2) is 146 Å². The first-order valence-corrected chi connectivity index (χ1v) is 19.1. The van der Waals surface area contributed by atoms with E-state index in [1.807, 2.05) is 11.3 Å². The first kappa shape index (κ1) is 28.6. The third-order valence-corrected chi connectivity index (χ3v) is 12.9. The SMILES string of the molecule is C1=Cc2c(sc3cc4c(cc23)NC(c2ccccc2)C(n2c3cccc5c3c3c(cc(-c6ccccc6)cc32)-c2cccc3cccc-5c23)N4)CC1. The van der Waals surface area contributed by atoms with E-state index in [1.54, 1.807) is 0 Å². The molecule has 2 N–H and O–H groups in total. The van der Waals surface area contributed by atoms with Gasteiger partial charge in [0.1, 0.15) is 6.17 Å². The van der Waals surface area contributed by atoms with Crippen LogP contribution in [0.3, 0.4) is 0 Å². The number of nitrogens with zero attached hydrogens (tertiary/aromatic N) is 1. The highest BCUT2D eigenvalue weighted by Gasteiger charge is 2.35. The second-order valence-corrected chi connectivity index (χ2v) is 15.6. The van der Waals surface area contributed by atoms with Crippen LogP contribution in [0.25, 0.3) is 82.1 Å². The average molecular weight is 684 g/mol. The van der Waals surface area contributed by atoms with Crippen LogP contribution in [0.5, 0.6) is 0 Å². The van der Waals surface area contributed by atoms with Crippen molar-refractivity contribution in [1.82, 2.24) is 4.57 Å². The predicted octanol–water partition coefficient (Wildman–Crippen LogP) is 13.2. The van der Waals surface area contributed by atoms with E-state index in [-0.39, 0.29) is 12.2 Å². The fourth-order valence-electron chi connectivity index (χ4n) is 9.40. The fourth-order valence-corrected chi connectivity index (χ4v) is 10.6. The van der Waals surface area contributed by atoms with Crippen molar-refractivity contribution in [3.05, 3.63) is 162 Å². The minimum atomic E-state index is -0.110. The van der Waals surface area contributed by atoms with Crippen LogP contribution >= 0.6 is 11.3 Å². The third-order valence-electron chi connectivity index (χ3n) is 11.7. The lowest BCUT2D eigenvalue weighted by Crippen LogP contribution is -2.34. The first-order chi connectivity index (χ1) is 25.8. The van der Waals surface area contributed by atoms with Gasteiger partial charge in [0.2, 0.25) is 0 Å². The summed E-state index contributed by atoms with van der Waals surface area (Å²) in [7, 11) is 0. The molecule has 4 heteroatoms. The number of rotatable bonds is 3. The molecule has 0 saturated heterocycles. The van der Waals surface area contributed by atoms with Crippen LogP contribution in [0.1, 0.15) is 34.6 Å². The van der Waals surface area contributed by atoms with Crippen molar-refractivity contribution in [1.29, 1.82) is 0 Å². The van der Waals surface area contributed by atoms with Crippen molar-refractivity contribution in [2.24, 2.45) is 0 Å². The fraction of sp³-hybridized carbons (Fsp3) is 0.0833. The summed E-state index contributed by atoms with van der Waals surface area (Å²) in [5, 5.41) is 14.9. The molecule has 0 amide bonds.